The van der Waals surface area contributed by atoms with Crippen molar-refractivity contribution in [1.29, 1.82) is 0 Å². The molecule has 110 valence electrons. The molecule has 0 heterocycles. The van der Waals surface area contributed by atoms with Gasteiger partial charge in [-0.05, 0) is 37.1 Å². The average Bonchev–Trinajstić information content (AvgIpc) is 2.47. The molecule has 2 aromatic carbocycles. The van der Waals surface area contributed by atoms with E-state index in [2.05, 4.69) is 5.32 Å². The SMILES string of the molecule is COc1cccc(NC(C)(C(N)=O)c2ccccc2C)c1. The lowest BCUT2D eigenvalue weighted by Crippen LogP contribution is -2.45. The van der Waals surface area contributed by atoms with E-state index in [4.69, 9.17) is 10.5 Å². The Kier molecular flexibility index (Phi) is 4.17. The molecule has 0 fully saturated rings. The summed E-state index contributed by atoms with van der Waals surface area (Å²) in [5.41, 5.74) is 7.32. The lowest BCUT2D eigenvalue weighted by molar-refractivity contribution is -0.122. The molecule has 21 heavy (non-hydrogen) atoms. The minimum atomic E-state index is -0.988. The maximum atomic E-state index is 12.1. The van der Waals surface area contributed by atoms with Gasteiger partial charge < -0.3 is 15.8 Å². The quantitative estimate of drug-likeness (QED) is 0.887. The Morgan fingerprint density at radius 2 is 1.90 bits per heavy atom. The van der Waals surface area contributed by atoms with Crippen LogP contribution in [-0.4, -0.2) is 13.0 Å². The number of methoxy groups -OCH3 is 1. The van der Waals surface area contributed by atoms with Crippen LogP contribution in [0.2, 0.25) is 0 Å². The van der Waals surface area contributed by atoms with Gasteiger partial charge in [0.1, 0.15) is 11.3 Å². The van der Waals surface area contributed by atoms with Gasteiger partial charge in [-0.25, -0.2) is 0 Å². The van der Waals surface area contributed by atoms with Crippen LogP contribution < -0.4 is 15.8 Å². The second-order valence-electron chi connectivity index (χ2n) is 5.16. The van der Waals surface area contributed by atoms with Crippen molar-refractivity contribution in [3.63, 3.8) is 0 Å². The lowest BCUT2D eigenvalue weighted by Gasteiger charge is -2.30. The lowest BCUT2D eigenvalue weighted by atomic mass is 9.87. The van der Waals surface area contributed by atoms with Crippen molar-refractivity contribution in [2.24, 2.45) is 5.73 Å². The molecule has 0 radical (unpaired) electrons. The molecule has 1 unspecified atom stereocenters. The molecule has 0 aliphatic rings. The number of carbonyl (C=O) groups excluding carboxylic acids is 1. The molecule has 0 aliphatic heterocycles. The van der Waals surface area contributed by atoms with E-state index >= 15 is 0 Å². The van der Waals surface area contributed by atoms with Crippen LogP contribution in [0.5, 0.6) is 5.75 Å². The summed E-state index contributed by atoms with van der Waals surface area (Å²) in [6.45, 7) is 3.75. The van der Waals surface area contributed by atoms with Crippen LogP contribution in [0.25, 0.3) is 0 Å². The van der Waals surface area contributed by atoms with Crippen molar-refractivity contribution < 1.29 is 9.53 Å². The maximum absolute atomic E-state index is 12.1. The highest BCUT2D eigenvalue weighted by molar-refractivity contribution is 5.89. The van der Waals surface area contributed by atoms with Crippen LogP contribution in [0.1, 0.15) is 18.1 Å². The molecule has 0 bridgehead atoms. The number of primary amides is 1. The van der Waals surface area contributed by atoms with Gasteiger partial charge in [0, 0.05) is 11.8 Å². The smallest absolute Gasteiger partial charge is 0.247 e. The number of rotatable bonds is 5. The number of carbonyl (C=O) groups is 1. The summed E-state index contributed by atoms with van der Waals surface area (Å²) >= 11 is 0. The predicted molar refractivity (Wildman–Crippen MR) is 84.3 cm³/mol. The number of nitrogens with one attached hydrogen (secondary N) is 1. The zero-order chi connectivity index (χ0) is 15.5. The summed E-state index contributed by atoms with van der Waals surface area (Å²) in [6.07, 6.45) is 0. The third kappa shape index (κ3) is 2.99. The first-order valence-electron chi connectivity index (χ1n) is 6.75. The first-order chi connectivity index (χ1) is 9.97. The Morgan fingerprint density at radius 1 is 1.19 bits per heavy atom. The van der Waals surface area contributed by atoms with E-state index in [1.54, 1.807) is 14.0 Å². The van der Waals surface area contributed by atoms with E-state index in [0.29, 0.717) is 0 Å². The molecule has 1 atom stereocenters. The Bertz CT molecular complexity index is 655. The average molecular weight is 284 g/mol. The van der Waals surface area contributed by atoms with Crippen LogP contribution in [0.4, 0.5) is 5.69 Å². The normalized spacial score (nSPS) is 13.3. The van der Waals surface area contributed by atoms with Gasteiger partial charge in [-0.15, -0.1) is 0 Å². The molecule has 0 spiro atoms. The van der Waals surface area contributed by atoms with E-state index in [-0.39, 0.29) is 0 Å². The fourth-order valence-electron chi connectivity index (χ4n) is 2.39. The fraction of sp³-hybridized carbons (Fsp3) is 0.235. The second-order valence-corrected chi connectivity index (χ2v) is 5.16. The molecule has 0 saturated heterocycles. The molecule has 3 N–H and O–H groups in total. The van der Waals surface area contributed by atoms with Crippen molar-refractivity contribution >= 4 is 11.6 Å². The topological polar surface area (TPSA) is 64.3 Å². The number of hydrogen-bond acceptors (Lipinski definition) is 3. The zero-order valence-electron chi connectivity index (χ0n) is 12.5. The van der Waals surface area contributed by atoms with Crippen molar-refractivity contribution in [3.05, 3.63) is 59.7 Å². The van der Waals surface area contributed by atoms with Crippen molar-refractivity contribution in [2.75, 3.05) is 12.4 Å². The van der Waals surface area contributed by atoms with E-state index in [1.165, 1.54) is 0 Å². The third-order valence-electron chi connectivity index (χ3n) is 3.64. The van der Waals surface area contributed by atoms with Crippen LogP contribution in [0.3, 0.4) is 0 Å². The number of ether oxygens (including phenoxy) is 1. The molecule has 2 rings (SSSR count). The van der Waals surface area contributed by atoms with Gasteiger partial charge in [0.25, 0.3) is 0 Å². The second kappa shape index (κ2) is 5.87. The number of nitrogens with two attached hydrogens (primary N) is 1. The van der Waals surface area contributed by atoms with E-state index in [1.807, 2.05) is 55.5 Å². The summed E-state index contributed by atoms with van der Waals surface area (Å²) in [5.74, 6) is 0.288. The molecular formula is C17H20N2O2. The Hall–Kier alpha value is -2.49. The van der Waals surface area contributed by atoms with Gasteiger partial charge >= 0.3 is 0 Å². The Morgan fingerprint density at radius 3 is 2.52 bits per heavy atom. The summed E-state index contributed by atoms with van der Waals surface area (Å²) < 4.78 is 5.20. The highest BCUT2D eigenvalue weighted by atomic mass is 16.5. The van der Waals surface area contributed by atoms with Crippen LogP contribution in [0.15, 0.2) is 48.5 Å². The summed E-state index contributed by atoms with van der Waals surface area (Å²) in [4.78, 5) is 12.1. The van der Waals surface area contributed by atoms with E-state index < -0.39 is 11.4 Å². The highest BCUT2D eigenvalue weighted by Gasteiger charge is 2.34. The molecule has 2 aromatic rings. The van der Waals surface area contributed by atoms with Crippen molar-refractivity contribution in [3.8, 4) is 5.75 Å². The predicted octanol–water partition coefficient (Wildman–Crippen LogP) is 2.82. The summed E-state index contributed by atoms with van der Waals surface area (Å²) in [6, 6.07) is 15.1. The highest BCUT2D eigenvalue weighted by Crippen LogP contribution is 2.29. The molecule has 0 aliphatic carbocycles. The first kappa shape index (κ1) is 14.9. The first-order valence-corrected chi connectivity index (χ1v) is 6.75. The Labute approximate surface area is 124 Å². The van der Waals surface area contributed by atoms with E-state index in [0.717, 1.165) is 22.6 Å². The number of anilines is 1. The molecular weight excluding hydrogens is 264 g/mol. The van der Waals surface area contributed by atoms with Crippen molar-refractivity contribution in [1.82, 2.24) is 0 Å². The van der Waals surface area contributed by atoms with E-state index in [9.17, 15) is 4.79 Å². The number of benzene rings is 2. The van der Waals surface area contributed by atoms with Gasteiger partial charge in [0.05, 0.1) is 7.11 Å². The van der Waals surface area contributed by atoms with Gasteiger partial charge in [-0.1, -0.05) is 30.3 Å². The van der Waals surface area contributed by atoms with Gasteiger partial charge in [-0.3, -0.25) is 4.79 Å². The third-order valence-corrected chi connectivity index (χ3v) is 3.64. The fourth-order valence-corrected chi connectivity index (χ4v) is 2.39. The number of amides is 1. The Balaban J connectivity index is 2.44. The minimum Gasteiger partial charge on any atom is -0.497 e. The van der Waals surface area contributed by atoms with Crippen LogP contribution in [0, 0.1) is 6.92 Å². The number of aryl methyl sites for hydroxylation is 1. The molecule has 0 aromatic heterocycles. The monoisotopic (exact) mass is 284 g/mol. The molecule has 0 saturated carbocycles. The minimum absolute atomic E-state index is 0.431. The van der Waals surface area contributed by atoms with Gasteiger partial charge in [0.2, 0.25) is 5.91 Å². The zero-order valence-corrected chi connectivity index (χ0v) is 12.5. The molecule has 1 amide bonds. The van der Waals surface area contributed by atoms with Crippen LogP contribution in [-0.2, 0) is 10.3 Å². The van der Waals surface area contributed by atoms with Gasteiger partial charge in [-0.2, -0.15) is 0 Å². The largest absolute Gasteiger partial charge is 0.497 e. The van der Waals surface area contributed by atoms with Gasteiger partial charge in [0.15, 0.2) is 0 Å². The standard InChI is InChI=1S/C17H20N2O2/c1-12-7-4-5-10-15(12)17(2,16(18)20)19-13-8-6-9-14(11-13)21-3/h4-11,19H,1-3H3,(H2,18,20). The maximum Gasteiger partial charge on any atom is 0.247 e. The summed E-state index contributed by atoms with van der Waals surface area (Å²) in [5, 5.41) is 3.23. The molecule has 4 heteroatoms. The number of hydrogen-bond donors (Lipinski definition) is 2. The van der Waals surface area contributed by atoms with Crippen molar-refractivity contribution in [2.45, 2.75) is 19.4 Å². The molecule has 4 nitrogen and oxygen atoms in total. The van der Waals surface area contributed by atoms with Crippen LogP contribution >= 0.6 is 0 Å². The summed E-state index contributed by atoms with van der Waals surface area (Å²) in [7, 11) is 1.60.